The number of esters is 1. The maximum Gasteiger partial charge on any atom is 0.361 e. The number of rotatable bonds is 3. The molecule has 2 aromatic rings. The topological polar surface area (TPSA) is 105 Å². The lowest BCUT2D eigenvalue weighted by Gasteiger charge is -2.00. The first-order valence-corrected chi connectivity index (χ1v) is 4.58. The summed E-state index contributed by atoms with van der Waals surface area (Å²) in [6.45, 7) is 0. The summed E-state index contributed by atoms with van der Waals surface area (Å²) < 4.78 is 4.93. The summed E-state index contributed by atoms with van der Waals surface area (Å²) in [7, 11) is 0. The summed E-state index contributed by atoms with van der Waals surface area (Å²) in [4.78, 5) is 25.9. The molecule has 0 atom stereocenters. The molecule has 0 aliphatic carbocycles. The molecule has 0 bridgehead atoms. The predicted octanol–water partition coefficient (Wildman–Crippen LogP) is 0.722. The van der Waals surface area contributed by atoms with Gasteiger partial charge in [-0.05, 0) is 12.1 Å². The number of carbonyl (C=O) groups excluding carboxylic acids is 1. The van der Waals surface area contributed by atoms with E-state index < -0.39 is 11.9 Å². The Morgan fingerprint density at radius 1 is 1.41 bits per heavy atom. The summed E-state index contributed by atoms with van der Waals surface area (Å²) in [5.41, 5.74) is -0.283. The average molecular weight is 233 g/mol. The Balaban J connectivity index is 2.12. The van der Waals surface area contributed by atoms with Gasteiger partial charge in [0, 0.05) is 12.3 Å². The SMILES string of the molecule is O=C(O)c1cc(C(=O)Oc2cccnc2)[nH]n1. The van der Waals surface area contributed by atoms with Gasteiger partial charge in [-0.15, -0.1) is 0 Å². The number of carboxylic acids is 1. The van der Waals surface area contributed by atoms with E-state index in [2.05, 4.69) is 15.2 Å². The Labute approximate surface area is 95.1 Å². The zero-order valence-corrected chi connectivity index (χ0v) is 8.45. The Kier molecular flexibility index (Phi) is 2.82. The van der Waals surface area contributed by atoms with Gasteiger partial charge in [-0.1, -0.05) is 0 Å². The normalized spacial score (nSPS) is 9.88. The maximum atomic E-state index is 11.5. The molecule has 0 spiro atoms. The molecule has 0 unspecified atom stereocenters. The summed E-state index contributed by atoms with van der Waals surface area (Å²) >= 11 is 0. The van der Waals surface area contributed by atoms with E-state index in [0.717, 1.165) is 6.07 Å². The summed E-state index contributed by atoms with van der Waals surface area (Å²) in [6, 6.07) is 4.26. The van der Waals surface area contributed by atoms with Crippen molar-refractivity contribution in [2.75, 3.05) is 0 Å². The second-order valence-electron chi connectivity index (χ2n) is 3.05. The van der Waals surface area contributed by atoms with Crippen LogP contribution >= 0.6 is 0 Å². The standard InChI is InChI=1S/C10H7N3O4/c14-9(15)7-4-8(13-12-7)10(16)17-6-2-1-3-11-5-6/h1-5H,(H,12,13)(H,14,15). The fraction of sp³-hybridized carbons (Fsp3) is 0. The second kappa shape index (κ2) is 4.44. The van der Waals surface area contributed by atoms with Crippen LogP contribution in [0.3, 0.4) is 0 Å². The average Bonchev–Trinajstić information content (AvgIpc) is 2.79. The molecule has 0 fully saturated rings. The molecule has 0 aliphatic heterocycles. The number of carbonyl (C=O) groups is 2. The molecular formula is C10H7N3O4. The van der Waals surface area contributed by atoms with Gasteiger partial charge < -0.3 is 9.84 Å². The number of aromatic nitrogens is 3. The minimum Gasteiger partial charge on any atom is -0.476 e. The molecule has 2 N–H and O–H groups in total. The molecule has 2 heterocycles. The first kappa shape index (κ1) is 10.8. The van der Waals surface area contributed by atoms with Crippen molar-refractivity contribution in [2.45, 2.75) is 0 Å². The van der Waals surface area contributed by atoms with Gasteiger partial charge in [0.25, 0.3) is 0 Å². The van der Waals surface area contributed by atoms with Crippen LogP contribution in [0.2, 0.25) is 0 Å². The molecule has 0 saturated carbocycles. The van der Waals surface area contributed by atoms with Crippen LogP contribution < -0.4 is 4.74 Å². The number of aromatic carboxylic acids is 1. The molecule has 7 heteroatoms. The highest BCUT2D eigenvalue weighted by molar-refractivity contribution is 5.93. The third-order valence-electron chi connectivity index (χ3n) is 1.86. The molecule has 2 rings (SSSR count). The summed E-state index contributed by atoms with van der Waals surface area (Å²) in [6.07, 6.45) is 2.91. The van der Waals surface area contributed by atoms with Crippen LogP contribution in [0.15, 0.2) is 30.6 Å². The Morgan fingerprint density at radius 2 is 2.24 bits per heavy atom. The number of hydrogen-bond acceptors (Lipinski definition) is 5. The molecule has 17 heavy (non-hydrogen) atoms. The monoisotopic (exact) mass is 233 g/mol. The van der Waals surface area contributed by atoms with Crippen molar-refractivity contribution < 1.29 is 19.4 Å². The van der Waals surface area contributed by atoms with Gasteiger partial charge in [0.05, 0.1) is 6.20 Å². The fourth-order valence-corrected chi connectivity index (χ4v) is 1.11. The lowest BCUT2D eigenvalue weighted by Crippen LogP contribution is -2.09. The smallest absolute Gasteiger partial charge is 0.361 e. The van der Waals surface area contributed by atoms with Gasteiger partial charge in [0.15, 0.2) is 5.69 Å². The molecule has 2 aromatic heterocycles. The Hall–Kier alpha value is -2.70. The number of hydrogen-bond donors (Lipinski definition) is 2. The second-order valence-corrected chi connectivity index (χ2v) is 3.05. The number of H-pyrrole nitrogens is 1. The van der Waals surface area contributed by atoms with Crippen molar-refractivity contribution in [1.82, 2.24) is 15.2 Å². The van der Waals surface area contributed by atoms with Gasteiger partial charge in [0.1, 0.15) is 11.4 Å². The Morgan fingerprint density at radius 3 is 2.82 bits per heavy atom. The molecule has 86 valence electrons. The van der Waals surface area contributed by atoms with Crippen LogP contribution in [-0.2, 0) is 0 Å². The first-order chi connectivity index (χ1) is 8.16. The molecule has 0 saturated heterocycles. The van der Waals surface area contributed by atoms with E-state index in [1.54, 1.807) is 12.1 Å². The number of aromatic amines is 1. The highest BCUT2D eigenvalue weighted by Gasteiger charge is 2.15. The van der Waals surface area contributed by atoms with E-state index in [0.29, 0.717) is 0 Å². The quantitative estimate of drug-likeness (QED) is 0.757. The molecule has 0 aromatic carbocycles. The zero-order chi connectivity index (χ0) is 12.3. The van der Waals surface area contributed by atoms with Gasteiger partial charge in [0.2, 0.25) is 0 Å². The van der Waals surface area contributed by atoms with Crippen molar-refractivity contribution >= 4 is 11.9 Å². The number of carboxylic acid groups (broad SMARTS) is 1. The lowest BCUT2D eigenvalue weighted by molar-refractivity contribution is 0.0689. The van der Waals surface area contributed by atoms with Crippen molar-refractivity contribution in [3.05, 3.63) is 42.0 Å². The van der Waals surface area contributed by atoms with E-state index >= 15 is 0 Å². The van der Waals surface area contributed by atoms with Crippen molar-refractivity contribution in [2.24, 2.45) is 0 Å². The van der Waals surface area contributed by atoms with Crippen molar-refractivity contribution in [3.63, 3.8) is 0 Å². The number of pyridine rings is 1. The van der Waals surface area contributed by atoms with Crippen LogP contribution in [0.1, 0.15) is 21.0 Å². The van der Waals surface area contributed by atoms with E-state index in [-0.39, 0.29) is 17.1 Å². The largest absolute Gasteiger partial charge is 0.476 e. The van der Waals surface area contributed by atoms with Gasteiger partial charge in [-0.25, -0.2) is 9.59 Å². The highest BCUT2D eigenvalue weighted by atomic mass is 16.5. The third kappa shape index (κ3) is 2.46. The van der Waals surface area contributed by atoms with Crippen LogP contribution in [0, 0.1) is 0 Å². The van der Waals surface area contributed by atoms with Gasteiger partial charge in [-0.2, -0.15) is 5.10 Å². The zero-order valence-electron chi connectivity index (χ0n) is 8.45. The minimum atomic E-state index is -1.22. The maximum absolute atomic E-state index is 11.5. The molecule has 7 nitrogen and oxygen atoms in total. The third-order valence-corrected chi connectivity index (χ3v) is 1.86. The molecule has 0 radical (unpaired) electrons. The predicted molar refractivity (Wildman–Crippen MR) is 54.7 cm³/mol. The molecule has 0 amide bonds. The van der Waals surface area contributed by atoms with Crippen LogP contribution in [0.5, 0.6) is 5.75 Å². The van der Waals surface area contributed by atoms with E-state index in [9.17, 15) is 9.59 Å². The lowest BCUT2D eigenvalue weighted by atomic mass is 10.3. The molecular weight excluding hydrogens is 226 g/mol. The van der Waals surface area contributed by atoms with Gasteiger partial charge >= 0.3 is 11.9 Å². The van der Waals surface area contributed by atoms with Crippen molar-refractivity contribution in [1.29, 1.82) is 0 Å². The van der Waals surface area contributed by atoms with E-state index in [1.807, 2.05) is 0 Å². The van der Waals surface area contributed by atoms with Crippen LogP contribution in [0.4, 0.5) is 0 Å². The van der Waals surface area contributed by atoms with Crippen LogP contribution in [0.25, 0.3) is 0 Å². The summed E-state index contributed by atoms with van der Waals surface area (Å²) in [5, 5.41) is 14.3. The van der Waals surface area contributed by atoms with Crippen LogP contribution in [-0.4, -0.2) is 32.2 Å². The minimum absolute atomic E-state index is 0.0359. The number of ether oxygens (including phenoxy) is 1. The molecule has 0 aliphatic rings. The Bertz CT molecular complexity index is 550. The number of nitrogens with one attached hydrogen (secondary N) is 1. The van der Waals surface area contributed by atoms with Gasteiger partial charge in [-0.3, -0.25) is 10.1 Å². The number of nitrogens with zero attached hydrogens (tertiary/aromatic N) is 2. The van der Waals surface area contributed by atoms with Crippen molar-refractivity contribution in [3.8, 4) is 5.75 Å². The first-order valence-electron chi connectivity index (χ1n) is 4.58. The highest BCUT2D eigenvalue weighted by Crippen LogP contribution is 2.09. The summed E-state index contributed by atoms with van der Waals surface area (Å²) in [5.74, 6) is -1.68. The van der Waals surface area contributed by atoms with E-state index in [1.165, 1.54) is 12.4 Å². The van der Waals surface area contributed by atoms with E-state index in [4.69, 9.17) is 9.84 Å². The fourth-order valence-electron chi connectivity index (χ4n) is 1.11.